The summed E-state index contributed by atoms with van der Waals surface area (Å²) in [4.78, 5) is 12.0. The van der Waals surface area contributed by atoms with Crippen molar-refractivity contribution in [2.45, 2.75) is 19.8 Å². The van der Waals surface area contributed by atoms with E-state index in [-0.39, 0.29) is 0 Å². The number of hydrogen-bond acceptors (Lipinski definition) is 4. The first-order chi connectivity index (χ1) is 10.6. The second-order valence-corrected chi connectivity index (χ2v) is 7.11. The minimum absolute atomic E-state index is 0.397. The van der Waals surface area contributed by atoms with Crippen LogP contribution in [0.4, 0.5) is 0 Å². The Morgan fingerprint density at radius 3 is 2.68 bits per heavy atom. The highest BCUT2D eigenvalue weighted by Crippen LogP contribution is 2.39. The SMILES string of the molecule is CC1=CSCC1c1ccc(C(=O)NO)c(-c2cscc2C)c1. The van der Waals surface area contributed by atoms with Gasteiger partial charge in [0.15, 0.2) is 0 Å². The van der Waals surface area contributed by atoms with Crippen LogP contribution in [0.25, 0.3) is 11.1 Å². The molecule has 2 N–H and O–H groups in total. The Balaban J connectivity index is 2.13. The first kappa shape index (κ1) is 15.3. The molecule has 0 bridgehead atoms. The van der Waals surface area contributed by atoms with Gasteiger partial charge in [-0.2, -0.15) is 11.3 Å². The molecular formula is C17H17NO2S2. The maximum Gasteiger partial charge on any atom is 0.275 e. The first-order valence-corrected chi connectivity index (χ1v) is 9.00. The molecule has 3 nitrogen and oxygen atoms in total. The van der Waals surface area contributed by atoms with Gasteiger partial charge < -0.3 is 0 Å². The predicted octanol–water partition coefficient (Wildman–Crippen LogP) is 4.58. The lowest BCUT2D eigenvalue weighted by molar-refractivity contribution is 0.0707. The van der Waals surface area contributed by atoms with Crippen LogP contribution in [0.15, 0.2) is 39.9 Å². The third-order valence-electron chi connectivity index (χ3n) is 4.02. The Bertz CT molecular complexity index is 749. The minimum atomic E-state index is -0.472. The molecule has 0 saturated carbocycles. The van der Waals surface area contributed by atoms with E-state index in [1.165, 1.54) is 11.1 Å². The molecule has 3 rings (SSSR count). The van der Waals surface area contributed by atoms with Crippen molar-refractivity contribution in [1.82, 2.24) is 5.48 Å². The molecule has 114 valence electrons. The van der Waals surface area contributed by atoms with Gasteiger partial charge in [0.1, 0.15) is 0 Å². The molecule has 1 aromatic heterocycles. The third kappa shape index (κ3) is 2.72. The fourth-order valence-corrected chi connectivity index (χ4v) is 4.76. The van der Waals surface area contributed by atoms with Gasteiger partial charge in [0.05, 0.1) is 0 Å². The zero-order valence-electron chi connectivity index (χ0n) is 12.4. The predicted molar refractivity (Wildman–Crippen MR) is 92.7 cm³/mol. The number of aryl methyl sites for hydroxylation is 1. The van der Waals surface area contributed by atoms with Crippen LogP contribution in [0.5, 0.6) is 0 Å². The van der Waals surface area contributed by atoms with E-state index < -0.39 is 5.91 Å². The number of allylic oxidation sites excluding steroid dienone is 1. The van der Waals surface area contributed by atoms with E-state index in [0.717, 1.165) is 22.4 Å². The summed E-state index contributed by atoms with van der Waals surface area (Å²) in [6.45, 7) is 4.18. The van der Waals surface area contributed by atoms with Crippen molar-refractivity contribution in [3.63, 3.8) is 0 Å². The second kappa shape index (κ2) is 6.28. The van der Waals surface area contributed by atoms with Crippen molar-refractivity contribution in [3.8, 4) is 11.1 Å². The maximum atomic E-state index is 12.0. The lowest BCUT2D eigenvalue weighted by Gasteiger charge is -2.16. The van der Waals surface area contributed by atoms with Crippen molar-refractivity contribution in [3.05, 3.63) is 56.6 Å². The molecule has 0 radical (unpaired) electrons. The number of carbonyl (C=O) groups excluding carboxylic acids is 1. The summed E-state index contributed by atoms with van der Waals surface area (Å²) in [5, 5.41) is 15.3. The molecule has 2 aromatic rings. The van der Waals surface area contributed by atoms with Gasteiger partial charge in [-0.1, -0.05) is 11.6 Å². The molecular weight excluding hydrogens is 314 g/mol. The van der Waals surface area contributed by atoms with Crippen molar-refractivity contribution < 1.29 is 10.0 Å². The maximum absolute atomic E-state index is 12.0. The Morgan fingerprint density at radius 1 is 1.27 bits per heavy atom. The van der Waals surface area contributed by atoms with Crippen LogP contribution < -0.4 is 5.48 Å². The highest BCUT2D eigenvalue weighted by molar-refractivity contribution is 8.02. The van der Waals surface area contributed by atoms with Crippen LogP contribution in [-0.2, 0) is 0 Å². The van der Waals surface area contributed by atoms with Crippen LogP contribution >= 0.6 is 23.1 Å². The van der Waals surface area contributed by atoms with E-state index in [9.17, 15) is 4.79 Å². The summed E-state index contributed by atoms with van der Waals surface area (Å²) in [5.74, 6) is 0.966. The summed E-state index contributed by atoms with van der Waals surface area (Å²) in [5.41, 5.74) is 7.90. The smallest absolute Gasteiger partial charge is 0.275 e. The average molecular weight is 331 g/mol. The molecule has 0 fully saturated rings. The van der Waals surface area contributed by atoms with E-state index in [0.29, 0.717) is 11.5 Å². The van der Waals surface area contributed by atoms with Crippen molar-refractivity contribution in [1.29, 1.82) is 0 Å². The number of carbonyl (C=O) groups is 1. The van der Waals surface area contributed by atoms with Gasteiger partial charge in [0.25, 0.3) is 5.91 Å². The fraction of sp³-hybridized carbons (Fsp3) is 0.235. The largest absolute Gasteiger partial charge is 0.288 e. The Kier molecular flexibility index (Phi) is 4.38. The minimum Gasteiger partial charge on any atom is -0.288 e. The molecule has 0 spiro atoms. The second-order valence-electron chi connectivity index (χ2n) is 5.46. The molecule has 2 heterocycles. The number of hydrogen-bond donors (Lipinski definition) is 2. The van der Waals surface area contributed by atoms with E-state index >= 15 is 0 Å². The van der Waals surface area contributed by atoms with Crippen molar-refractivity contribution >= 4 is 29.0 Å². The summed E-state index contributed by atoms with van der Waals surface area (Å²) in [6, 6.07) is 5.89. The number of rotatable bonds is 3. The number of hydroxylamine groups is 1. The van der Waals surface area contributed by atoms with Crippen LogP contribution in [-0.4, -0.2) is 16.9 Å². The number of benzene rings is 1. The number of amides is 1. The van der Waals surface area contributed by atoms with Crippen molar-refractivity contribution in [2.24, 2.45) is 0 Å². The summed E-state index contributed by atoms with van der Waals surface area (Å²) < 4.78 is 0. The Labute approximate surface area is 138 Å². The number of thiophene rings is 1. The topological polar surface area (TPSA) is 49.3 Å². The van der Waals surface area contributed by atoms with Crippen LogP contribution in [0.2, 0.25) is 0 Å². The van der Waals surface area contributed by atoms with Crippen molar-refractivity contribution in [2.75, 3.05) is 5.75 Å². The Morgan fingerprint density at radius 2 is 2.09 bits per heavy atom. The van der Waals surface area contributed by atoms with E-state index in [4.69, 9.17) is 5.21 Å². The zero-order valence-corrected chi connectivity index (χ0v) is 14.1. The zero-order chi connectivity index (χ0) is 15.7. The van der Waals surface area contributed by atoms with Gasteiger partial charge in [-0.05, 0) is 64.4 Å². The van der Waals surface area contributed by atoms with E-state index in [2.05, 4.69) is 29.2 Å². The van der Waals surface area contributed by atoms with Gasteiger partial charge in [-0.15, -0.1) is 11.8 Å². The molecule has 1 amide bonds. The fourth-order valence-electron chi connectivity index (χ4n) is 2.74. The third-order valence-corrected chi connectivity index (χ3v) is 5.95. The average Bonchev–Trinajstić information content (AvgIpc) is 3.14. The van der Waals surface area contributed by atoms with Gasteiger partial charge in [0, 0.05) is 17.2 Å². The highest BCUT2D eigenvalue weighted by Gasteiger charge is 2.22. The summed E-state index contributed by atoms with van der Waals surface area (Å²) >= 11 is 3.45. The number of nitrogens with one attached hydrogen (secondary N) is 1. The lowest BCUT2D eigenvalue weighted by atomic mass is 9.89. The molecule has 0 saturated heterocycles. The van der Waals surface area contributed by atoms with Crippen LogP contribution in [0, 0.1) is 6.92 Å². The monoisotopic (exact) mass is 331 g/mol. The molecule has 1 aliphatic heterocycles. The van der Waals surface area contributed by atoms with E-state index in [1.807, 2.05) is 30.8 Å². The molecule has 1 aliphatic rings. The van der Waals surface area contributed by atoms with Gasteiger partial charge in [0.2, 0.25) is 0 Å². The van der Waals surface area contributed by atoms with Crippen LogP contribution in [0.1, 0.15) is 34.3 Å². The lowest BCUT2D eigenvalue weighted by Crippen LogP contribution is -2.19. The molecule has 1 aromatic carbocycles. The quantitative estimate of drug-likeness (QED) is 0.639. The van der Waals surface area contributed by atoms with Crippen LogP contribution in [0.3, 0.4) is 0 Å². The standard InChI is InChI=1S/C17H17NO2S2/c1-10-6-21-8-15(10)12-3-4-13(17(19)18-20)14(5-12)16-9-22-7-11(16)2/h3-7,9,15,20H,8H2,1-2H3,(H,18,19). The molecule has 5 heteroatoms. The molecule has 1 atom stereocenters. The van der Waals surface area contributed by atoms with Gasteiger partial charge in [-0.3, -0.25) is 10.0 Å². The summed E-state index contributed by atoms with van der Waals surface area (Å²) in [7, 11) is 0. The summed E-state index contributed by atoms with van der Waals surface area (Å²) in [6.07, 6.45) is 0. The van der Waals surface area contributed by atoms with Gasteiger partial charge in [-0.25, -0.2) is 5.48 Å². The molecule has 22 heavy (non-hydrogen) atoms. The van der Waals surface area contributed by atoms with Gasteiger partial charge >= 0.3 is 0 Å². The normalized spacial score (nSPS) is 17.4. The Hall–Kier alpha value is -1.56. The molecule has 1 unspecified atom stereocenters. The number of thioether (sulfide) groups is 1. The molecule has 0 aliphatic carbocycles. The first-order valence-electron chi connectivity index (χ1n) is 7.01. The highest BCUT2D eigenvalue weighted by atomic mass is 32.2. The van der Waals surface area contributed by atoms with E-state index in [1.54, 1.807) is 16.8 Å².